The SMILES string of the molecule is CSC(=NC#N)N1CCC(CC#N)(n2cc(-c3ncc4cc[nH]c4n3)cn2)CC1. The third kappa shape index (κ3) is 3.55. The van der Waals surface area contributed by atoms with Gasteiger partial charge in [0.1, 0.15) is 5.65 Å². The average Bonchev–Trinajstić information content (AvgIpc) is 3.42. The highest BCUT2D eigenvalue weighted by Gasteiger charge is 2.38. The largest absolute Gasteiger partial charge is 0.350 e. The molecule has 1 fully saturated rings. The summed E-state index contributed by atoms with van der Waals surface area (Å²) < 4.78 is 1.89. The number of aliphatic imine (C=N–C) groups is 1. The third-order valence-corrected chi connectivity index (χ3v) is 6.04. The van der Waals surface area contributed by atoms with E-state index in [9.17, 15) is 5.26 Å². The van der Waals surface area contributed by atoms with E-state index in [4.69, 9.17) is 5.26 Å². The Balaban J connectivity index is 1.59. The van der Waals surface area contributed by atoms with Gasteiger partial charge in [-0.25, -0.2) is 9.97 Å². The molecule has 9 nitrogen and oxygen atoms in total. The van der Waals surface area contributed by atoms with Crippen LogP contribution in [0.15, 0.2) is 35.8 Å². The molecule has 1 saturated heterocycles. The number of amidine groups is 1. The van der Waals surface area contributed by atoms with Crippen LogP contribution >= 0.6 is 11.8 Å². The van der Waals surface area contributed by atoms with Crippen LogP contribution in [-0.4, -0.2) is 54.1 Å². The lowest BCUT2D eigenvalue weighted by Crippen LogP contribution is -2.47. The average molecular weight is 405 g/mol. The standard InChI is InChI=1S/C19H19N9S/c1-29-18(24-13-21)27-8-4-19(3-6-20,5-9-27)28-12-15(11-25-28)17-23-10-14-2-7-22-16(14)26-17/h2,7,10-12H,3-5,8-9H2,1H3,(H,22,23,26). The van der Waals surface area contributed by atoms with Crippen LogP contribution in [0.25, 0.3) is 22.4 Å². The second kappa shape index (κ2) is 7.94. The van der Waals surface area contributed by atoms with Gasteiger partial charge in [-0.1, -0.05) is 11.8 Å². The molecule has 146 valence electrons. The van der Waals surface area contributed by atoms with Crippen LogP contribution in [0.4, 0.5) is 0 Å². The number of nitrogens with one attached hydrogen (secondary N) is 1. The van der Waals surface area contributed by atoms with E-state index >= 15 is 0 Å². The van der Waals surface area contributed by atoms with Crippen LogP contribution in [0.3, 0.4) is 0 Å². The van der Waals surface area contributed by atoms with E-state index in [1.807, 2.05) is 35.6 Å². The molecule has 0 aromatic carbocycles. The Morgan fingerprint density at radius 2 is 2.17 bits per heavy atom. The summed E-state index contributed by atoms with van der Waals surface area (Å²) in [5, 5.41) is 24.6. The van der Waals surface area contributed by atoms with Crippen molar-refractivity contribution < 1.29 is 0 Å². The van der Waals surface area contributed by atoms with Gasteiger partial charge < -0.3 is 9.88 Å². The highest BCUT2D eigenvalue weighted by Crippen LogP contribution is 2.34. The Morgan fingerprint density at radius 3 is 2.90 bits per heavy atom. The molecule has 4 rings (SSSR count). The van der Waals surface area contributed by atoms with Gasteiger partial charge >= 0.3 is 0 Å². The molecule has 0 amide bonds. The van der Waals surface area contributed by atoms with E-state index in [-0.39, 0.29) is 0 Å². The van der Waals surface area contributed by atoms with Gasteiger partial charge in [0.05, 0.1) is 29.8 Å². The maximum Gasteiger partial charge on any atom is 0.208 e. The monoisotopic (exact) mass is 405 g/mol. The number of nitriles is 2. The number of aromatic nitrogens is 5. The maximum absolute atomic E-state index is 9.46. The molecule has 1 aliphatic heterocycles. The number of H-pyrrole nitrogens is 1. The minimum Gasteiger partial charge on any atom is -0.350 e. The molecule has 0 radical (unpaired) electrons. The molecule has 0 spiro atoms. The Bertz CT molecular complexity index is 1120. The van der Waals surface area contributed by atoms with Crippen molar-refractivity contribution in [3.05, 3.63) is 30.9 Å². The number of rotatable bonds is 3. The van der Waals surface area contributed by atoms with Crippen LogP contribution in [0, 0.1) is 22.8 Å². The summed E-state index contributed by atoms with van der Waals surface area (Å²) in [6.07, 6.45) is 12.9. The van der Waals surface area contributed by atoms with Crippen LogP contribution in [0.2, 0.25) is 0 Å². The summed E-state index contributed by atoms with van der Waals surface area (Å²) >= 11 is 1.46. The predicted octanol–water partition coefficient (Wildman–Crippen LogP) is 2.73. The number of hydrogen-bond acceptors (Lipinski definition) is 7. The van der Waals surface area contributed by atoms with E-state index in [2.05, 4.69) is 36.0 Å². The van der Waals surface area contributed by atoms with Gasteiger partial charge in [0, 0.05) is 37.1 Å². The molecule has 10 heteroatoms. The van der Waals surface area contributed by atoms with E-state index < -0.39 is 5.54 Å². The van der Waals surface area contributed by atoms with Crippen molar-refractivity contribution >= 4 is 28.0 Å². The number of hydrogen-bond donors (Lipinski definition) is 1. The van der Waals surface area contributed by atoms with Crippen molar-refractivity contribution in [2.75, 3.05) is 19.3 Å². The van der Waals surface area contributed by atoms with Crippen LogP contribution < -0.4 is 0 Å². The number of aromatic amines is 1. The zero-order valence-electron chi connectivity index (χ0n) is 15.9. The Morgan fingerprint density at radius 1 is 1.34 bits per heavy atom. The van der Waals surface area contributed by atoms with Crippen molar-refractivity contribution in [1.29, 1.82) is 10.5 Å². The predicted molar refractivity (Wildman–Crippen MR) is 111 cm³/mol. The van der Waals surface area contributed by atoms with Gasteiger partial charge in [0.2, 0.25) is 6.19 Å². The topological polar surface area (TPSA) is 123 Å². The highest BCUT2D eigenvalue weighted by atomic mass is 32.2. The summed E-state index contributed by atoms with van der Waals surface area (Å²) in [6, 6.07) is 4.25. The molecule has 0 atom stereocenters. The second-order valence-electron chi connectivity index (χ2n) is 6.89. The zero-order chi connectivity index (χ0) is 20.3. The van der Waals surface area contributed by atoms with Crippen molar-refractivity contribution in [3.8, 4) is 23.7 Å². The molecule has 1 N–H and O–H groups in total. The number of fused-ring (bicyclic) bond motifs is 1. The van der Waals surface area contributed by atoms with E-state index in [0.29, 0.717) is 30.5 Å². The van der Waals surface area contributed by atoms with Crippen molar-refractivity contribution in [3.63, 3.8) is 0 Å². The van der Waals surface area contributed by atoms with Gasteiger partial charge in [-0.3, -0.25) is 4.68 Å². The number of piperidine rings is 1. The summed E-state index contributed by atoms with van der Waals surface area (Å²) in [5.41, 5.74) is 1.21. The molecule has 29 heavy (non-hydrogen) atoms. The van der Waals surface area contributed by atoms with Crippen LogP contribution in [0.1, 0.15) is 19.3 Å². The van der Waals surface area contributed by atoms with Gasteiger partial charge in [-0.15, -0.1) is 4.99 Å². The minimum absolute atomic E-state index is 0.364. The fourth-order valence-corrected chi connectivity index (χ4v) is 4.29. The summed E-state index contributed by atoms with van der Waals surface area (Å²) in [5.74, 6) is 0.599. The lowest BCUT2D eigenvalue weighted by molar-refractivity contribution is 0.144. The van der Waals surface area contributed by atoms with Gasteiger partial charge in [-0.05, 0) is 25.2 Å². The second-order valence-corrected chi connectivity index (χ2v) is 7.67. The first-order chi connectivity index (χ1) is 14.2. The van der Waals surface area contributed by atoms with E-state index in [0.717, 1.165) is 29.4 Å². The lowest BCUT2D eigenvalue weighted by atomic mass is 9.85. The Kier molecular flexibility index (Phi) is 5.19. The van der Waals surface area contributed by atoms with Gasteiger partial charge in [-0.2, -0.15) is 15.6 Å². The normalized spacial score (nSPS) is 16.5. The summed E-state index contributed by atoms with van der Waals surface area (Å²) in [7, 11) is 0. The number of likely N-dealkylation sites (tertiary alicyclic amines) is 1. The third-order valence-electron chi connectivity index (χ3n) is 5.33. The first-order valence-corrected chi connectivity index (χ1v) is 10.4. The Hall–Kier alpha value is -3.37. The molecule has 0 bridgehead atoms. The molecule has 4 heterocycles. The lowest BCUT2D eigenvalue weighted by Gasteiger charge is -2.41. The van der Waals surface area contributed by atoms with Crippen LogP contribution in [0.5, 0.6) is 0 Å². The summed E-state index contributed by atoms with van der Waals surface area (Å²) in [4.78, 5) is 18.1. The molecule has 3 aromatic heterocycles. The first-order valence-electron chi connectivity index (χ1n) is 9.17. The zero-order valence-corrected chi connectivity index (χ0v) is 16.7. The van der Waals surface area contributed by atoms with Crippen molar-refractivity contribution in [2.24, 2.45) is 4.99 Å². The fraction of sp³-hybridized carbons (Fsp3) is 0.368. The summed E-state index contributed by atoms with van der Waals surface area (Å²) in [6.45, 7) is 1.42. The van der Waals surface area contributed by atoms with E-state index in [1.54, 1.807) is 12.4 Å². The van der Waals surface area contributed by atoms with E-state index in [1.165, 1.54) is 11.8 Å². The maximum atomic E-state index is 9.46. The highest BCUT2D eigenvalue weighted by molar-refractivity contribution is 8.13. The van der Waals surface area contributed by atoms with Gasteiger partial charge in [0.15, 0.2) is 11.0 Å². The molecule has 0 aliphatic carbocycles. The van der Waals surface area contributed by atoms with Crippen LogP contribution in [-0.2, 0) is 5.54 Å². The molecular formula is C19H19N9S. The Labute approximate surface area is 172 Å². The number of thioether (sulfide) groups is 1. The molecule has 1 aliphatic rings. The quantitative estimate of drug-likeness (QED) is 0.404. The molecule has 3 aromatic rings. The van der Waals surface area contributed by atoms with Crippen molar-refractivity contribution in [2.45, 2.75) is 24.8 Å². The van der Waals surface area contributed by atoms with Gasteiger partial charge in [0.25, 0.3) is 0 Å². The molecule has 0 saturated carbocycles. The first kappa shape index (κ1) is 19.0. The number of nitrogens with zero attached hydrogens (tertiary/aromatic N) is 8. The molecular weight excluding hydrogens is 386 g/mol. The minimum atomic E-state index is -0.393. The van der Waals surface area contributed by atoms with Crippen molar-refractivity contribution in [1.82, 2.24) is 29.6 Å². The smallest absolute Gasteiger partial charge is 0.208 e. The molecule has 0 unspecified atom stereocenters. The fourth-order valence-electron chi connectivity index (χ4n) is 3.71.